The lowest BCUT2D eigenvalue weighted by molar-refractivity contribution is -0.124. The van der Waals surface area contributed by atoms with Gasteiger partial charge in [0.2, 0.25) is 15.9 Å². The van der Waals surface area contributed by atoms with Crippen LogP contribution in [0.4, 0.5) is 0 Å². The maximum Gasteiger partial charge on any atom is 0.241 e. The van der Waals surface area contributed by atoms with E-state index in [1.807, 2.05) is 67.6 Å². The Morgan fingerprint density at radius 2 is 1.52 bits per heavy atom. The smallest absolute Gasteiger partial charge is 0.241 e. The molecular formula is C26H29N3O3S. The van der Waals surface area contributed by atoms with Crippen LogP contribution in [0.2, 0.25) is 0 Å². The Hall–Kier alpha value is -3.00. The molecule has 33 heavy (non-hydrogen) atoms. The second kappa shape index (κ2) is 9.87. The van der Waals surface area contributed by atoms with E-state index in [4.69, 9.17) is 0 Å². The molecule has 0 aromatic heterocycles. The fourth-order valence-electron chi connectivity index (χ4n) is 4.36. The van der Waals surface area contributed by atoms with Gasteiger partial charge in [-0.3, -0.25) is 4.79 Å². The predicted octanol–water partition coefficient (Wildman–Crippen LogP) is 3.49. The van der Waals surface area contributed by atoms with Crippen LogP contribution < -0.4 is 15.4 Å². The molecule has 1 amide bonds. The van der Waals surface area contributed by atoms with Gasteiger partial charge in [0.05, 0.1) is 22.5 Å². The van der Waals surface area contributed by atoms with Gasteiger partial charge in [0, 0.05) is 0 Å². The minimum absolute atomic E-state index is 0.137. The quantitative estimate of drug-likeness (QED) is 0.477. The largest absolute Gasteiger partial charge is 0.346 e. The van der Waals surface area contributed by atoms with E-state index in [0.717, 1.165) is 30.5 Å². The van der Waals surface area contributed by atoms with Crippen molar-refractivity contribution in [3.8, 4) is 0 Å². The third-order valence-corrected chi connectivity index (χ3v) is 7.73. The summed E-state index contributed by atoms with van der Waals surface area (Å²) in [5.74, 6) is -0.137. The van der Waals surface area contributed by atoms with Crippen molar-refractivity contribution >= 4 is 15.9 Å². The first-order chi connectivity index (χ1) is 15.9. The Bertz CT molecular complexity index is 1170. The highest BCUT2D eigenvalue weighted by Crippen LogP contribution is 2.37. The summed E-state index contributed by atoms with van der Waals surface area (Å²) in [6.07, 6.45) is 1.69. The summed E-state index contributed by atoms with van der Waals surface area (Å²) in [7, 11) is -3.89. The fraction of sp³-hybridized carbons (Fsp3) is 0.269. The topological polar surface area (TPSA) is 87.3 Å². The number of amides is 1. The summed E-state index contributed by atoms with van der Waals surface area (Å²) >= 11 is 0. The van der Waals surface area contributed by atoms with Gasteiger partial charge < -0.3 is 10.6 Å². The van der Waals surface area contributed by atoms with Crippen molar-refractivity contribution in [3.05, 3.63) is 102 Å². The van der Waals surface area contributed by atoms with E-state index in [-0.39, 0.29) is 16.8 Å². The molecular weight excluding hydrogens is 434 g/mol. The van der Waals surface area contributed by atoms with Gasteiger partial charge >= 0.3 is 0 Å². The van der Waals surface area contributed by atoms with Gasteiger partial charge in [-0.25, -0.2) is 8.42 Å². The number of benzene rings is 3. The normalized spacial score (nSPS) is 18.9. The first-order valence-corrected chi connectivity index (χ1v) is 12.6. The summed E-state index contributed by atoms with van der Waals surface area (Å²) in [5, 5.41) is 6.39. The lowest BCUT2D eigenvalue weighted by atomic mass is 9.81. The molecule has 1 heterocycles. The highest BCUT2D eigenvalue weighted by molar-refractivity contribution is 7.89. The molecule has 1 aliphatic rings. The van der Waals surface area contributed by atoms with Gasteiger partial charge in [0.25, 0.3) is 0 Å². The van der Waals surface area contributed by atoms with Crippen LogP contribution in [0.3, 0.4) is 0 Å². The standard InChI is InChI=1S/C26H29N3O3S/c1-26(21-14-7-3-8-15-21,29-33(31,32)22-16-9-4-10-17-22)24(20-12-5-2-6-13-20)28-25(30)23-18-11-19-27-23/h2-10,12-17,23-24,27,29H,11,18-19H2,1H3,(H,28,30)/t23-,24+,26-/m0/s1. The zero-order chi connectivity index (χ0) is 23.3. The molecule has 1 aliphatic heterocycles. The van der Waals surface area contributed by atoms with E-state index in [0.29, 0.717) is 0 Å². The van der Waals surface area contributed by atoms with Crippen LogP contribution in [0.25, 0.3) is 0 Å². The highest BCUT2D eigenvalue weighted by atomic mass is 32.2. The van der Waals surface area contributed by atoms with Crippen molar-refractivity contribution in [1.82, 2.24) is 15.4 Å². The first-order valence-electron chi connectivity index (χ1n) is 11.1. The Morgan fingerprint density at radius 1 is 0.939 bits per heavy atom. The van der Waals surface area contributed by atoms with E-state index in [9.17, 15) is 13.2 Å². The van der Waals surface area contributed by atoms with Crippen molar-refractivity contribution < 1.29 is 13.2 Å². The van der Waals surface area contributed by atoms with Crippen LogP contribution in [0.5, 0.6) is 0 Å². The Kier molecular flexibility index (Phi) is 6.93. The summed E-state index contributed by atoms with van der Waals surface area (Å²) in [6.45, 7) is 2.62. The van der Waals surface area contributed by atoms with Crippen molar-refractivity contribution in [2.45, 2.75) is 42.3 Å². The molecule has 0 spiro atoms. The molecule has 0 radical (unpaired) electrons. The monoisotopic (exact) mass is 463 g/mol. The molecule has 3 N–H and O–H groups in total. The molecule has 0 unspecified atom stereocenters. The van der Waals surface area contributed by atoms with Gasteiger partial charge in [-0.05, 0) is 49.6 Å². The van der Waals surface area contributed by atoms with E-state index >= 15 is 0 Å². The molecule has 0 bridgehead atoms. The third-order valence-electron chi connectivity index (χ3n) is 6.15. The molecule has 6 nitrogen and oxygen atoms in total. The van der Waals surface area contributed by atoms with Gasteiger partial charge in [-0.2, -0.15) is 4.72 Å². The zero-order valence-corrected chi connectivity index (χ0v) is 19.4. The minimum atomic E-state index is -3.89. The third kappa shape index (κ3) is 5.16. The second-order valence-corrected chi connectivity index (χ2v) is 10.2. The van der Waals surface area contributed by atoms with E-state index < -0.39 is 21.6 Å². The molecule has 1 saturated heterocycles. The second-order valence-electron chi connectivity index (χ2n) is 8.49. The number of carbonyl (C=O) groups is 1. The number of rotatable bonds is 8. The maximum atomic E-state index is 13.5. The van der Waals surface area contributed by atoms with Crippen LogP contribution in [0, 0.1) is 0 Å². The first kappa shape index (κ1) is 23.2. The summed E-state index contributed by atoms with van der Waals surface area (Å²) in [5.41, 5.74) is 0.398. The Balaban J connectivity index is 1.80. The number of sulfonamides is 1. The van der Waals surface area contributed by atoms with Crippen LogP contribution in [0.1, 0.15) is 36.9 Å². The zero-order valence-electron chi connectivity index (χ0n) is 18.6. The average Bonchev–Trinajstić information content (AvgIpc) is 3.39. The number of nitrogens with one attached hydrogen (secondary N) is 3. The highest BCUT2D eigenvalue weighted by Gasteiger charge is 2.42. The van der Waals surface area contributed by atoms with Gasteiger partial charge in [0.1, 0.15) is 0 Å². The summed E-state index contributed by atoms with van der Waals surface area (Å²) in [4.78, 5) is 13.4. The van der Waals surface area contributed by atoms with Gasteiger partial charge in [-0.15, -0.1) is 0 Å². The van der Waals surface area contributed by atoms with E-state index in [1.54, 1.807) is 30.3 Å². The number of carbonyl (C=O) groups excluding carboxylic acids is 1. The van der Waals surface area contributed by atoms with Gasteiger partial charge in [-0.1, -0.05) is 78.9 Å². The maximum absolute atomic E-state index is 13.5. The molecule has 1 fully saturated rings. The van der Waals surface area contributed by atoms with Crippen LogP contribution in [0.15, 0.2) is 95.9 Å². The van der Waals surface area contributed by atoms with E-state index in [2.05, 4.69) is 15.4 Å². The van der Waals surface area contributed by atoms with Gasteiger partial charge in [0.15, 0.2) is 0 Å². The molecule has 0 aliphatic carbocycles. The van der Waals surface area contributed by atoms with Crippen LogP contribution in [-0.2, 0) is 20.4 Å². The predicted molar refractivity (Wildman–Crippen MR) is 129 cm³/mol. The van der Waals surface area contributed by atoms with Crippen LogP contribution in [-0.4, -0.2) is 26.9 Å². The number of hydrogen-bond donors (Lipinski definition) is 3. The molecule has 3 atom stereocenters. The van der Waals surface area contributed by atoms with Crippen molar-refractivity contribution in [2.75, 3.05) is 6.54 Å². The summed E-state index contributed by atoms with van der Waals surface area (Å²) < 4.78 is 29.9. The minimum Gasteiger partial charge on any atom is -0.346 e. The van der Waals surface area contributed by atoms with Crippen molar-refractivity contribution in [2.24, 2.45) is 0 Å². The Morgan fingerprint density at radius 3 is 2.09 bits per heavy atom. The summed E-state index contributed by atoms with van der Waals surface area (Å²) in [6, 6.07) is 26.2. The molecule has 3 aromatic rings. The molecule has 3 aromatic carbocycles. The van der Waals surface area contributed by atoms with Crippen LogP contribution >= 0.6 is 0 Å². The Labute approximate surface area is 195 Å². The SMILES string of the molecule is C[C@](NS(=O)(=O)c1ccccc1)(c1ccccc1)[C@H](NC(=O)[C@@H]1CCCN1)c1ccccc1. The number of hydrogen-bond acceptors (Lipinski definition) is 4. The van der Waals surface area contributed by atoms with Crippen molar-refractivity contribution in [1.29, 1.82) is 0 Å². The molecule has 4 rings (SSSR count). The van der Waals surface area contributed by atoms with E-state index in [1.165, 1.54) is 0 Å². The average molecular weight is 464 g/mol. The molecule has 7 heteroatoms. The lowest BCUT2D eigenvalue weighted by Gasteiger charge is -2.40. The molecule has 0 saturated carbocycles. The van der Waals surface area contributed by atoms with Crippen molar-refractivity contribution in [3.63, 3.8) is 0 Å². The molecule has 172 valence electrons. The fourth-order valence-corrected chi connectivity index (χ4v) is 5.79. The lowest BCUT2D eigenvalue weighted by Crippen LogP contribution is -2.55.